The van der Waals surface area contributed by atoms with Crippen molar-refractivity contribution in [2.24, 2.45) is 11.5 Å². The summed E-state index contributed by atoms with van der Waals surface area (Å²) in [6, 6.07) is -2.87. The number of thioether (sulfide) groups is 1. The van der Waals surface area contributed by atoms with Crippen molar-refractivity contribution in [1.29, 1.82) is 0 Å². The van der Waals surface area contributed by atoms with E-state index in [4.69, 9.17) is 16.6 Å². The van der Waals surface area contributed by atoms with Gasteiger partial charge < -0.3 is 32.1 Å². The van der Waals surface area contributed by atoms with Crippen molar-refractivity contribution < 1.29 is 29.1 Å². The van der Waals surface area contributed by atoms with Crippen molar-refractivity contribution in [3.63, 3.8) is 0 Å². The fourth-order valence-electron chi connectivity index (χ4n) is 2.87. The number of carbonyl (C=O) groups excluding carboxylic acids is 4. The van der Waals surface area contributed by atoms with Crippen molar-refractivity contribution in [2.75, 3.05) is 25.1 Å². The van der Waals surface area contributed by atoms with Crippen LogP contribution in [0, 0.1) is 0 Å². The highest BCUT2D eigenvalue weighted by Gasteiger charge is 2.37. The molecular weight excluding hydrogens is 390 g/mol. The summed E-state index contributed by atoms with van der Waals surface area (Å²) in [5, 5.41) is 13.5. The van der Waals surface area contributed by atoms with Gasteiger partial charge in [0, 0.05) is 6.54 Å². The molecule has 1 heterocycles. The van der Waals surface area contributed by atoms with E-state index >= 15 is 0 Å². The topological polar surface area (TPSA) is 185 Å². The third kappa shape index (κ3) is 7.35. The largest absolute Gasteiger partial charge is 0.480 e. The fourth-order valence-corrected chi connectivity index (χ4v) is 3.34. The van der Waals surface area contributed by atoms with Crippen LogP contribution < -0.4 is 22.1 Å². The van der Waals surface area contributed by atoms with Gasteiger partial charge in [-0.05, 0) is 31.3 Å². The average Bonchev–Trinajstić information content (AvgIpc) is 3.11. The minimum atomic E-state index is -1.18. The molecule has 1 aliphatic heterocycles. The Labute approximate surface area is 166 Å². The molecule has 11 nitrogen and oxygen atoms in total. The van der Waals surface area contributed by atoms with Gasteiger partial charge in [-0.1, -0.05) is 0 Å². The molecule has 1 aliphatic rings. The van der Waals surface area contributed by atoms with Crippen molar-refractivity contribution >= 4 is 41.4 Å². The first kappa shape index (κ1) is 23.7. The Morgan fingerprint density at radius 1 is 1.29 bits per heavy atom. The molecule has 0 aromatic rings. The van der Waals surface area contributed by atoms with Crippen LogP contribution >= 0.6 is 11.8 Å². The lowest BCUT2D eigenvalue weighted by Gasteiger charge is -2.29. The number of nitrogens with zero attached hydrogens (tertiary/aromatic N) is 1. The molecule has 0 aromatic carbocycles. The van der Waals surface area contributed by atoms with Gasteiger partial charge in [-0.2, -0.15) is 11.8 Å². The molecule has 0 saturated carbocycles. The first-order valence-corrected chi connectivity index (χ1v) is 10.2. The van der Waals surface area contributed by atoms with Crippen LogP contribution in [0.2, 0.25) is 0 Å². The number of nitrogens with two attached hydrogens (primary N) is 2. The van der Waals surface area contributed by atoms with Gasteiger partial charge in [0.05, 0.1) is 12.5 Å². The Morgan fingerprint density at radius 3 is 2.54 bits per heavy atom. The number of amides is 4. The number of nitrogens with one attached hydrogen (secondary N) is 2. The van der Waals surface area contributed by atoms with Crippen LogP contribution in [0.15, 0.2) is 0 Å². The summed E-state index contributed by atoms with van der Waals surface area (Å²) >= 11 is 1.48. The summed E-state index contributed by atoms with van der Waals surface area (Å²) in [4.78, 5) is 60.3. The van der Waals surface area contributed by atoms with E-state index in [-0.39, 0.29) is 6.42 Å². The van der Waals surface area contributed by atoms with Crippen LogP contribution in [0.4, 0.5) is 0 Å². The predicted molar refractivity (Wildman–Crippen MR) is 102 cm³/mol. The smallest absolute Gasteiger partial charge is 0.322 e. The van der Waals surface area contributed by atoms with Crippen LogP contribution in [0.1, 0.15) is 25.7 Å². The molecule has 4 amide bonds. The normalized spacial score (nSPS) is 18.2. The Balaban J connectivity index is 2.83. The summed E-state index contributed by atoms with van der Waals surface area (Å²) < 4.78 is 0. The van der Waals surface area contributed by atoms with Crippen LogP contribution in [-0.2, 0) is 24.0 Å². The molecule has 12 heteroatoms. The van der Waals surface area contributed by atoms with E-state index in [2.05, 4.69) is 10.6 Å². The van der Waals surface area contributed by atoms with Gasteiger partial charge in [0.2, 0.25) is 23.6 Å². The van der Waals surface area contributed by atoms with E-state index in [0.717, 1.165) is 0 Å². The molecule has 0 aromatic heterocycles. The van der Waals surface area contributed by atoms with Crippen molar-refractivity contribution in [1.82, 2.24) is 15.5 Å². The molecule has 1 fully saturated rings. The second-order valence-corrected chi connectivity index (χ2v) is 7.41. The van der Waals surface area contributed by atoms with E-state index < -0.39 is 54.3 Å². The number of carboxylic acid groups (broad SMARTS) is 1. The summed E-state index contributed by atoms with van der Waals surface area (Å²) in [5.74, 6) is -3.01. The fraction of sp³-hybridized carbons (Fsp3) is 0.688. The average molecular weight is 417 g/mol. The molecular formula is C16H27N5O6S. The third-order valence-corrected chi connectivity index (χ3v) is 4.88. The van der Waals surface area contributed by atoms with Crippen molar-refractivity contribution in [2.45, 2.75) is 43.8 Å². The molecule has 3 unspecified atom stereocenters. The lowest BCUT2D eigenvalue weighted by atomic mass is 10.1. The zero-order valence-electron chi connectivity index (χ0n) is 15.7. The number of carbonyl (C=O) groups is 5. The van der Waals surface area contributed by atoms with Gasteiger partial charge in [0.15, 0.2) is 0 Å². The maximum atomic E-state index is 13.0. The minimum absolute atomic E-state index is 0.314. The molecule has 0 bridgehead atoms. The van der Waals surface area contributed by atoms with Crippen molar-refractivity contribution in [3.05, 3.63) is 0 Å². The molecule has 1 rings (SSSR count). The highest BCUT2D eigenvalue weighted by molar-refractivity contribution is 7.98. The lowest BCUT2D eigenvalue weighted by Crippen LogP contribution is -2.56. The van der Waals surface area contributed by atoms with E-state index in [1.165, 1.54) is 16.7 Å². The molecule has 7 N–H and O–H groups in total. The van der Waals surface area contributed by atoms with Gasteiger partial charge in [-0.25, -0.2) is 0 Å². The maximum absolute atomic E-state index is 13.0. The Kier molecular flexibility index (Phi) is 9.73. The molecule has 3 atom stereocenters. The summed E-state index contributed by atoms with van der Waals surface area (Å²) in [6.07, 6.45) is 2.80. The van der Waals surface area contributed by atoms with Crippen molar-refractivity contribution in [3.8, 4) is 0 Å². The maximum Gasteiger partial charge on any atom is 0.322 e. The van der Waals surface area contributed by atoms with Crippen LogP contribution in [0.5, 0.6) is 0 Å². The van der Waals surface area contributed by atoms with E-state index in [1.807, 2.05) is 6.26 Å². The first-order valence-electron chi connectivity index (χ1n) is 8.80. The van der Waals surface area contributed by atoms with E-state index in [1.54, 1.807) is 0 Å². The number of likely N-dealkylation sites (tertiary alicyclic amines) is 1. The zero-order chi connectivity index (χ0) is 21.3. The lowest BCUT2D eigenvalue weighted by molar-refractivity contribution is -0.143. The summed E-state index contributed by atoms with van der Waals surface area (Å²) in [5.41, 5.74) is 10.7. The van der Waals surface area contributed by atoms with Gasteiger partial charge in [-0.15, -0.1) is 0 Å². The third-order valence-electron chi connectivity index (χ3n) is 4.24. The number of carboxylic acids is 1. The Bertz CT molecular complexity index is 616. The van der Waals surface area contributed by atoms with Gasteiger partial charge >= 0.3 is 5.97 Å². The standard InChI is InChI=1S/C16H27N5O6S/c1-28-6-4-10(20-14(25)9(17)7-12(18)22)16(27)21-5-2-3-11(21)15(26)19-8-13(23)24/h9-11H,2-8,17H2,1H3,(H2,18,22)(H,19,26)(H,20,25)(H,23,24). The first-order chi connectivity index (χ1) is 13.2. The molecule has 1 saturated heterocycles. The second kappa shape index (κ2) is 11.5. The molecule has 28 heavy (non-hydrogen) atoms. The SMILES string of the molecule is CSCCC(NC(=O)C(N)CC(N)=O)C(=O)N1CCCC1C(=O)NCC(=O)O. The number of hydrogen-bond acceptors (Lipinski definition) is 7. The molecule has 0 radical (unpaired) electrons. The summed E-state index contributed by atoms with van der Waals surface area (Å²) in [7, 11) is 0. The van der Waals surface area contributed by atoms with Crippen LogP contribution in [0.3, 0.4) is 0 Å². The van der Waals surface area contributed by atoms with Crippen LogP contribution in [-0.4, -0.2) is 82.8 Å². The molecule has 0 spiro atoms. The molecule has 0 aliphatic carbocycles. The number of aliphatic carboxylic acids is 1. The highest BCUT2D eigenvalue weighted by Crippen LogP contribution is 2.20. The van der Waals surface area contributed by atoms with Gasteiger partial charge in [0.1, 0.15) is 18.6 Å². The zero-order valence-corrected chi connectivity index (χ0v) is 16.5. The minimum Gasteiger partial charge on any atom is -0.480 e. The van der Waals surface area contributed by atoms with Gasteiger partial charge in [0.25, 0.3) is 0 Å². The predicted octanol–water partition coefficient (Wildman–Crippen LogP) is -2.38. The Morgan fingerprint density at radius 2 is 1.96 bits per heavy atom. The van der Waals surface area contributed by atoms with Crippen LogP contribution in [0.25, 0.3) is 0 Å². The van der Waals surface area contributed by atoms with E-state index in [9.17, 15) is 24.0 Å². The number of hydrogen-bond donors (Lipinski definition) is 5. The Hall–Kier alpha value is -2.34. The summed E-state index contributed by atoms with van der Waals surface area (Å²) in [6.45, 7) is -0.213. The van der Waals surface area contributed by atoms with E-state index in [0.29, 0.717) is 31.6 Å². The second-order valence-electron chi connectivity index (χ2n) is 6.42. The number of rotatable bonds is 11. The monoisotopic (exact) mass is 417 g/mol. The molecule has 158 valence electrons. The van der Waals surface area contributed by atoms with Gasteiger partial charge in [-0.3, -0.25) is 24.0 Å². The quantitative estimate of drug-likeness (QED) is 0.246. The highest BCUT2D eigenvalue weighted by atomic mass is 32.2. The number of primary amides is 1.